The summed E-state index contributed by atoms with van der Waals surface area (Å²) in [5.41, 5.74) is 4.86. The highest BCUT2D eigenvalue weighted by Gasteiger charge is 2.48. The van der Waals surface area contributed by atoms with Crippen LogP contribution in [0.5, 0.6) is 5.75 Å². The average molecular weight is 419 g/mol. The van der Waals surface area contributed by atoms with Gasteiger partial charge in [-0.25, -0.2) is 0 Å². The predicted molar refractivity (Wildman–Crippen MR) is 121 cm³/mol. The molecule has 2 fully saturated rings. The topological polar surface area (TPSA) is 36.4 Å². The van der Waals surface area contributed by atoms with Crippen molar-refractivity contribution in [1.82, 2.24) is 9.88 Å². The Morgan fingerprint density at radius 1 is 1.13 bits per heavy atom. The molecular formula is C26H27ClN2O. The first-order valence-electron chi connectivity index (χ1n) is 11.2. The molecule has 3 aromatic rings. The fourth-order valence-corrected chi connectivity index (χ4v) is 6.12. The van der Waals surface area contributed by atoms with Crippen molar-refractivity contribution in [3.63, 3.8) is 0 Å². The van der Waals surface area contributed by atoms with Crippen LogP contribution in [0.3, 0.4) is 0 Å². The smallest absolute Gasteiger partial charge is 0.115 e. The van der Waals surface area contributed by atoms with Gasteiger partial charge in [0.15, 0.2) is 0 Å². The summed E-state index contributed by atoms with van der Waals surface area (Å²) < 4.78 is 0. The Balaban J connectivity index is 1.45. The molecule has 1 N–H and O–H groups in total. The molecule has 6 rings (SSSR count). The number of pyridine rings is 1. The van der Waals surface area contributed by atoms with E-state index in [2.05, 4.69) is 23.1 Å². The van der Waals surface area contributed by atoms with Gasteiger partial charge in [-0.05, 0) is 85.5 Å². The highest BCUT2D eigenvalue weighted by molar-refractivity contribution is 6.35. The van der Waals surface area contributed by atoms with Crippen molar-refractivity contribution in [2.75, 3.05) is 19.6 Å². The number of phenolic OH excluding ortho intramolecular Hbond substituents is 1. The molecule has 1 saturated carbocycles. The lowest BCUT2D eigenvalue weighted by Crippen LogP contribution is -2.54. The van der Waals surface area contributed by atoms with Crippen molar-refractivity contribution >= 4 is 22.5 Å². The molecule has 0 amide bonds. The first kappa shape index (κ1) is 18.7. The summed E-state index contributed by atoms with van der Waals surface area (Å²) in [6.07, 6.45) is 5.89. The Morgan fingerprint density at radius 2 is 2.00 bits per heavy atom. The van der Waals surface area contributed by atoms with Gasteiger partial charge in [0.1, 0.15) is 5.75 Å². The molecule has 1 saturated heterocycles. The summed E-state index contributed by atoms with van der Waals surface area (Å²) in [5, 5.41) is 12.1. The van der Waals surface area contributed by atoms with Crippen molar-refractivity contribution in [1.29, 1.82) is 0 Å². The molecule has 2 heterocycles. The van der Waals surface area contributed by atoms with Crippen LogP contribution in [0.25, 0.3) is 10.9 Å². The highest BCUT2D eigenvalue weighted by Crippen LogP contribution is 2.49. The van der Waals surface area contributed by atoms with Crippen molar-refractivity contribution in [3.8, 4) is 5.75 Å². The van der Waals surface area contributed by atoms with Gasteiger partial charge in [0.05, 0.1) is 5.52 Å². The molecule has 2 aromatic carbocycles. The number of aromatic nitrogens is 1. The molecule has 3 nitrogen and oxygen atoms in total. The zero-order chi connectivity index (χ0) is 20.3. The quantitative estimate of drug-likeness (QED) is 0.621. The van der Waals surface area contributed by atoms with Crippen LogP contribution in [-0.4, -0.2) is 34.6 Å². The van der Waals surface area contributed by atoms with Crippen LogP contribution in [0.2, 0.25) is 5.02 Å². The maximum atomic E-state index is 10.2. The van der Waals surface area contributed by atoms with E-state index in [4.69, 9.17) is 16.6 Å². The summed E-state index contributed by atoms with van der Waals surface area (Å²) in [4.78, 5) is 7.77. The fourth-order valence-electron chi connectivity index (χ4n) is 5.90. The first-order chi connectivity index (χ1) is 14.6. The minimum absolute atomic E-state index is 0.0467. The van der Waals surface area contributed by atoms with E-state index < -0.39 is 0 Å². The van der Waals surface area contributed by atoms with Gasteiger partial charge in [0.2, 0.25) is 0 Å². The lowest BCUT2D eigenvalue weighted by atomic mass is 9.58. The Kier molecular flexibility index (Phi) is 4.33. The van der Waals surface area contributed by atoms with E-state index in [1.807, 2.05) is 24.3 Å². The van der Waals surface area contributed by atoms with Crippen molar-refractivity contribution in [2.24, 2.45) is 11.8 Å². The lowest BCUT2D eigenvalue weighted by Gasteiger charge is -2.51. The molecule has 30 heavy (non-hydrogen) atoms. The van der Waals surface area contributed by atoms with E-state index in [0.717, 1.165) is 54.2 Å². The molecule has 154 valence electrons. The second-order valence-corrected chi connectivity index (χ2v) is 10.0. The molecule has 2 aliphatic carbocycles. The van der Waals surface area contributed by atoms with Crippen LogP contribution < -0.4 is 0 Å². The number of phenols is 1. The Hall–Kier alpha value is -2.10. The molecule has 3 aliphatic rings. The number of fused-ring (bicyclic) bond motifs is 3. The Bertz CT molecular complexity index is 1130. The van der Waals surface area contributed by atoms with Crippen LogP contribution >= 0.6 is 11.6 Å². The molecular weight excluding hydrogens is 392 g/mol. The summed E-state index contributed by atoms with van der Waals surface area (Å²) in [6.45, 7) is 3.52. The molecule has 2 atom stereocenters. The van der Waals surface area contributed by atoms with E-state index in [0.29, 0.717) is 11.7 Å². The second-order valence-electron chi connectivity index (χ2n) is 9.64. The standard InChI is InChI=1S/C26H27ClN2O/c27-23-5-2-6-24-22(23)12-18-11-20-16-29(15-17-7-8-17)10-9-26(20,14-25(18)28-24)19-3-1-4-21(30)13-19/h1-6,12-13,17,20,30H,7-11,14-16H2/t20-,26-/m0/s1. The van der Waals surface area contributed by atoms with Gasteiger partial charge in [-0.2, -0.15) is 0 Å². The largest absolute Gasteiger partial charge is 0.508 e. The minimum atomic E-state index is 0.0467. The number of nitrogens with zero attached hydrogens (tertiary/aromatic N) is 2. The maximum Gasteiger partial charge on any atom is 0.115 e. The lowest BCUT2D eigenvalue weighted by molar-refractivity contribution is 0.0777. The normalized spacial score (nSPS) is 26.4. The van der Waals surface area contributed by atoms with Crippen molar-refractivity contribution in [3.05, 3.63) is 70.4 Å². The SMILES string of the molecule is Oc1cccc([C@@]23CCN(CC4CC4)C[C@@H]2Cc2cc4c(Cl)cccc4nc2C3)c1. The number of halogens is 1. The van der Waals surface area contributed by atoms with E-state index in [1.54, 1.807) is 6.07 Å². The van der Waals surface area contributed by atoms with Gasteiger partial charge in [-0.15, -0.1) is 0 Å². The van der Waals surface area contributed by atoms with E-state index in [9.17, 15) is 5.11 Å². The van der Waals surface area contributed by atoms with Gasteiger partial charge in [0, 0.05) is 41.0 Å². The fraction of sp³-hybridized carbons (Fsp3) is 0.423. The molecule has 0 unspecified atom stereocenters. The zero-order valence-corrected chi connectivity index (χ0v) is 17.9. The van der Waals surface area contributed by atoms with Crippen LogP contribution in [-0.2, 0) is 18.3 Å². The number of benzene rings is 2. The van der Waals surface area contributed by atoms with Crippen molar-refractivity contribution in [2.45, 2.75) is 37.5 Å². The van der Waals surface area contributed by atoms with Crippen LogP contribution in [0, 0.1) is 11.8 Å². The number of hydrogen-bond donors (Lipinski definition) is 1. The van der Waals surface area contributed by atoms with Crippen LogP contribution in [0.4, 0.5) is 0 Å². The van der Waals surface area contributed by atoms with Gasteiger partial charge < -0.3 is 10.0 Å². The van der Waals surface area contributed by atoms with E-state index >= 15 is 0 Å². The summed E-state index contributed by atoms with van der Waals surface area (Å²) in [5.74, 6) is 1.81. The third-order valence-electron chi connectivity index (χ3n) is 7.69. The maximum absolute atomic E-state index is 10.2. The number of likely N-dealkylation sites (tertiary alicyclic amines) is 1. The molecule has 1 aromatic heterocycles. The van der Waals surface area contributed by atoms with Gasteiger partial charge in [-0.3, -0.25) is 4.98 Å². The number of aromatic hydroxyl groups is 1. The summed E-state index contributed by atoms with van der Waals surface area (Å²) in [7, 11) is 0. The Labute approximate surface area is 182 Å². The molecule has 1 aliphatic heterocycles. The van der Waals surface area contributed by atoms with Crippen LogP contribution in [0.1, 0.15) is 36.1 Å². The monoisotopic (exact) mass is 418 g/mol. The predicted octanol–water partition coefficient (Wildman–Crippen LogP) is 5.36. The van der Waals surface area contributed by atoms with E-state index in [-0.39, 0.29) is 5.41 Å². The average Bonchev–Trinajstić information content (AvgIpc) is 3.55. The highest BCUT2D eigenvalue weighted by atomic mass is 35.5. The van der Waals surface area contributed by atoms with Crippen LogP contribution in [0.15, 0.2) is 48.5 Å². The third-order valence-corrected chi connectivity index (χ3v) is 8.02. The third kappa shape index (κ3) is 3.11. The second kappa shape index (κ2) is 6.96. The van der Waals surface area contributed by atoms with E-state index in [1.165, 1.54) is 36.2 Å². The summed E-state index contributed by atoms with van der Waals surface area (Å²) >= 11 is 6.49. The van der Waals surface area contributed by atoms with Crippen molar-refractivity contribution < 1.29 is 5.11 Å². The summed E-state index contributed by atoms with van der Waals surface area (Å²) in [6, 6.07) is 16.3. The van der Waals surface area contributed by atoms with Gasteiger partial charge >= 0.3 is 0 Å². The molecule has 4 heteroatoms. The minimum Gasteiger partial charge on any atom is -0.508 e. The zero-order valence-electron chi connectivity index (χ0n) is 17.1. The first-order valence-corrected chi connectivity index (χ1v) is 11.6. The number of rotatable bonds is 3. The molecule has 0 spiro atoms. The van der Waals surface area contributed by atoms with Gasteiger partial charge in [-0.1, -0.05) is 29.8 Å². The Morgan fingerprint density at radius 3 is 2.83 bits per heavy atom. The molecule has 0 bridgehead atoms. The number of hydrogen-bond acceptors (Lipinski definition) is 3. The molecule has 0 radical (unpaired) electrons. The number of piperidine rings is 1. The van der Waals surface area contributed by atoms with Gasteiger partial charge in [0.25, 0.3) is 0 Å².